The number of aryl methyl sites for hydroxylation is 1. The maximum absolute atomic E-state index is 9.32. The van der Waals surface area contributed by atoms with Crippen molar-refractivity contribution in [1.29, 1.82) is 0 Å². The summed E-state index contributed by atoms with van der Waals surface area (Å²) in [5.41, 5.74) is 3.49. The molecule has 21 heavy (non-hydrogen) atoms. The fourth-order valence-corrected chi connectivity index (χ4v) is 2.92. The molecule has 0 saturated heterocycles. The van der Waals surface area contributed by atoms with Crippen molar-refractivity contribution in [3.8, 4) is 17.2 Å². The van der Waals surface area contributed by atoms with E-state index in [4.69, 9.17) is 4.52 Å². The molecular formula is C17H14N2O2. The van der Waals surface area contributed by atoms with Gasteiger partial charge in [0.25, 0.3) is 5.89 Å². The number of aromatic nitrogens is 2. The van der Waals surface area contributed by atoms with Crippen LogP contribution in [0.25, 0.3) is 11.5 Å². The summed E-state index contributed by atoms with van der Waals surface area (Å²) in [5.74, 6) is 1.68. The molecule has 1 aliphatic rings. The summed E-state index contributed by atoms with van der Waals surface area (Å²) in [7, 11) is 0. The molecule has 2 aromatic carbocycles. The van der Waals surface area contributed by atoms with Crippen molar-refractivity contribution in [2.45, 2.75) is 18.8 Å². The number of nitrogens with zero attached hydrogens (tertiary/aromatic N) is 2. The Bertz CT molecular complexity index is 777. The van der Waals surface area contributed by atoms with Crippen molar-refractivity contribution in [1.82, 2.24) is 10.1 Å². The highest BCUT2D eigenvalue weighted by Gasteiger charge is 2.27. The van der Waals surface area contributed by atoms with Crippen LogP contribution < -0.4 is 0 Å². The van der Waals surface area contributed by atoms with Gasteiger partial charge in [0.2, 0.25) is 0 Å². The van der Waals surface area contributed by atoms with Crippen molar-refractivity contribution in [2.24, 2.45) is 0 Å². The molecule has 1 N–H and O–H groups in total. The molecule has 4 nitrogen and oxygen atoms in total. The van der Waals surface area contributed by atoms with Crippen LogP contribution in [0.1, 0.15) is 29.3 Å². The second kappa shape index (κ2) is 4.74. The number of hydrogen-bond acceptors (Lipinski definition) is 4. The lowest BCUT2D eigenvalue weighted by Gasteiger charge is -2.05. The second-order valence-corrected chi connectivity index (χ2v) is 5.29. The van der Waals surface area contributed by atoms with Crippen molar-refractivity contribution < 1.29 is 9.63 Å². The summed E-state index contributed by atoms with van der Waals surface area (Å²) in [6, 6.07) is 15.2. The predicted molar refractivity (Wildman–Crippen MR) is 78.0 cm³/mol. The van der Waals surface area contributed by atoms with Gasteiger partial charge in [0.05, 0.1) is 0 Å². The lowest BCUT2D eigenvalue weighted by Crippen LogP contribution is -1.98. The third-order valence-electron chi connectivity index (χ3n) is 4.00. The highest BCUT2D eigenvalue weighted by Crippen LogP contribution is 2.37. The van der Waals surface area contributed by atoms with E-state index in [1.165, 1.54) is 11.1 Å². The summed E-state index contributed by atoms with van der Waals surface area (Å²) < 4.78 is 5.38. The number of fused-ring (bicyclic) bond motifs is 1. The molecule has 0 fully saturated rings. The van der Waals surface area contributed by atoms with Crippen LogP contribution in [0, 0.1) is 0 Å². The van der Waals surface area contributed by atoms with Gasteiger partial charge < -0.3 is 9.63 Å². The Kier molecular flexibility index (Phi) is 2.74. The fourth-order valence-electron chi connectivity index (χ4n) is 2.92. The summed E-state index contributed by atoms with van der Waals surface area (Å²) in [5, 5.41) is 13.5. The monoisotopic (exact) mass is 278 g/mol. The average Bonchev–Trinajstić information content (AvgIpc) is 3.14. The van der Waals surface area contributed by atoms with Gasteiger partial charge in [-0.25, -0.2) is 0 Å². The summed E-state index contributed by atoms with van der Waals surface area (Å²) in [4.78, 5) is 4.53. The standard InChI is InChI=1S/C17H14N2O2/c20-13-8-5-12(6-9-13)17-18-16(19-21-17)15-10-7-11-3-1-2-4-14(11)15/h1-6,8-9,15,20H,7,10H2. The average molecular weight is 278 g/mol. The number of aromatic hydroxyl groups is 1. The van der Waals surface area contributed by atoms with Crippen molar-refractivity contribution in [3.63, 3.8) is 0 Å². The minimum atomic E-state index is 0.218. The first-order valence-electron chi connectivity index (χ1n) is 7.02. The van der Waals surface area contributed by atoms with Crippen LogP contribution in [0.5, 0.6) is 5.75 Å². The zero-order chi connectivity index (χ0) is 14.2. The maximum Gasteiger partial charge on any atom is 0.257 e. The number of phenolic OH excluding ortho intramolecular Hbond substituents is 1. The molecule has 0 aliphatic heterocycles. The van der Waals surface area contributed by atoms with E-state index in [1.807, 2.05) is 0 Å². The minimum Gasteiger partial charge on any atom is -0.508 e. The highest BCUT2D eigenvalue weighted by atomic mass is 16.5. The lowest BCUT2D eigenvalue weighted by molar-refractivity contribution is 0.419. The molecule has 1 atom stereocenters. The topological polar surface area (TPSA) is 59.2 Å². The van der Waals surface area contributed by atoms with E-state index in [0.717, 1.165) is 24.2 Å². The zero-order valence-electron chi connectivity index (χ0n) is 11.4. The quantitative estimate of drug-likeness (QED) is 0.779. The Labute approximate surface area is 122 Å². The summed E-state index contributed by atoms with van der Waals surface area (Å²) >= 11 is 0. The van der Waals surface area contributed by atoms with Crippen LogP contribution in [-0.4, -0.2) is 15.2 Å². The van der Waals surface area contributed by atoms with E-state index in [0.29, 0.717) is 5.89 Å². The van der Waals surface area contributed by atoms with Crippen molar-refractivity contribution in [2.75, 3.05) is 0 Å². The fraction of sp³-hybridized carbons (Fsp3) is 0.176. The molecule has 0 bridgehead atoms. The molecule has 1 heterocycles. The Hall–Kier alpha value is -2.62. The zero-order valence-corrected chi connectivity index (χ0v) is 11.4. The first-order chi connectivity index (χ1) is 10.3. The molecule has 0 saturated carbocycles. The van der Waals surface area contributed by atoms with Crippen LogP contribution in [0.15, 0.2) is 53.1 Å². The smallest absolute Gasteiger partial charge is 0.257 e. The van der Waals surface area contributed by atoms with Crippen LogP contribution >= 0.6 is 0 Å². The number of hydrogen-bond donors (Lipinski definition) is 1. The summed E-state index contributed by atoms with van der Waals surface area (Å²) in [6.45, 7) is 0. The summed E-state index contributed by atoms with van der Waals surface area (Å²) in [6.07, 6.45) is 2.08. The molecule has 0 amide bonds. The second-order valence-electron chi connectivity index (χ2n) is 5.29. The van der Waals surface area contributed by atoms with Crippen LogP contribution in [0.4, 0.5) is 0 Å². The third kappa shape index (κ3) is 2.09. The SMILES string of the molecule is Oc1ccc(-c2nc(C3CCc4ccccc43)no2)cc1. The molecule has 0 spiro atoms. The van der Waals surface area contributed by atoms with Gasteiger partial charge in [0, 0.05) is 11.5 Å². The van der Waals surface area contributed by atoms with Crippen LogP contribution in [0.2, 0.25) is 0 Å². The van der Waals surface area contributed by atoms with Gasteiger partial charge >= 0.3 is 0 Å². The van der Waals surface area contributed by atoms with Gasteiger partial charge in [-0.3, -0.25) is 0 Å². The van der Waals surface area contributed by atoms with E-state index in [1.54, 1.807) is 24.3 Å². The predicted octanol–water partition coefficient (Wildman–Crippen LogP) is 3.52. The molecular weight excluding hydrogens is 264 g/mol. The Balaban J connectivity index is 1.68. The Morgan fingerprint density at radius 2 is 1.86 bits per heavy atom. The molecule has 104 valence electrons. The normalized spacial score (nSPS) is 16.9. The van der Waals surface area contributed by atoms with Crippen molar-refractivity contribution in [3.05, 3.63) is 65.5 Å². The maximum atomic E-state index is 9.32. The van der Waals surface area contributed by atoms with Crippen molar-refractivity contribution >= 4 is 0 Å². The van der Waals surface area contributed by atoms with E-state index < -0.39 is 0 Å². The van der Waals surface area contributed by atoms with Gasteiger partial charge in [-0.2, -0.15) is 4.98 Å². The molecule has 4 heteroatoms. The molecule has 1 unspecified atom stereocenters. The third-order valence-corrected chi connectivity index (χ3v) is 4.00. The van der Waals surface area contributed by atoms with Crippen LogP contribution in [-0.2, 0) is 6.42 Å². The number of phenols is 1. The highest BCUT2D eigenvalue weighted by molar-refractivity contribution is 5.54. The lowest BCUT2D eigenvalue weighted by atomic mass is 10.0. The van der Waals surface area contributed by atoms with E-state index in [-0.39, 0.29) is 11.7 Å². The van der Waals surface area contributed by atoms with Gasteiger partial charge in [-0.05, 0) is 48.2 Å². The van der Waals surface area contributed by atoms with Crippen LogP contribution in [0.3, 0.4) is 0 Å². The largest absolute Gasteiger partial charge is 0.508 e. The first-order valence-corrected chi connectivity index (χ1v) is 7.02. The molecule has 1 aromatic heterocycles. The Morgan fingerprint density at radius 1 is 1.05 bits per heavy atom. The number of benzene rings is 2. The number of rotatable bonds is 2. The van der Waals surface area contributed by atoms with E-state index in [2.05, 4.69) is 34.4 Å². The molecule has 0 radical (unpaired) electrons. The van der Waals surface area contributed by atoms with Gasteiger partial charge in [-0.1, -0.05) is 29.4 Å². The van der Waals surface area contributed by atoms with E-state index in [9.17, 15) is 5.11 Å². The molecule has 1 aliphatic carbocycles. The minimum absolute atomic E-state index is 0.218. The van der Waals surface area contributed by atoms with E-state index >= 15 is 0 Å². The first kappa shape index (κ1) is 12.1. The Morgan fingerprint density at radius 3 is 2.71 bits per heavy atom. The van der Waals surface area contributed by atoms with Gasteiger partial charge in [-0.15, -0.1) is 0 Å². The molecule has 3 aromatic rings. The van der Waals surface area contributed by atoms with Gasteiger partial charge in [0.1, 0.15) is 5.75 Å². The molecule has 4 rings (SSSR count). The van der Waals surface area contributed by atoms with Gasteiger partial charge in [0.15, 0.2) is 5.82 Å².